The van der Waals surface area contributed by atoms with E-state index >= 15 is 0 Å². The van der Waals surface area contributed by atoms with Crippen molar-refractivity contribution in [2.45, 2.75) is 19.4 Å². The molecule has 2 heterocycles. The molecule has 7 nitrogen and oxygen atoms in total. The van der Waals surface area contributed by atoms with Crippen LogP contribution in [0, 0.1) is 0 Å². The van der Waals surface area contributed by atoms with Gasteiger partial charge in [0.15, 0.2) is 0 Å². The Bertz CT molecular complexity index is 893. The van der Waals surface area contributed by atoms with E-state index < -0.39 is 5.97 Å². The van der Waals surface area contributed by atoms with Gasteiger partial charge in [-0.1, -0.05) is 23.4 Å². The van der Waals surface area contributed by atoms with Crippen LogP contribution in [0.4, 0.5) is 0 Å². The smallest absolute Gasteiger partial charge is 0.327 e. The van der Waals surface area contributed by atoms with Gasteiger partial charge in [-0.15, -0.1) is 5.10 Å². The second-order valence-corrected chi connectivity index (χ2v) is 5.25. The van der Waals surface area contributed by atoms with Gasteiger partial charge in [-0.3, -0.25) is 14.6 Å². The van der Waals surface area contributed by atoms with Crippen molar-refractivity contribution in [3.05, 3.63) is 64.7 Å². The fourth-order valence-corrected chi connectivity index (χ4v) is 2.30. The van der Waals surface area contributed by atoms with Crippen LogP contribution < -0.4 is 5.56 Å². The fraction of sp³-hybridized carbons (Fsp3) is 0.235. The molecule has 24 heavy (non-hydrogen) atoms. The number of carbonyl (C=O) groups is 1. The zero-order valence-corrected chi connectivity index (χ0v) is 13.0. The topological polar surface area (TPSA) is 87.0 Å². The minimum Gasteiger partial charge on any atom is -0.464 e. The van der Waals surface area contributed by atoms with Gasteiger partial charge >= 0.3 is 5.97 Å². The maximum atomic E-state index is 12.2. The Morgan fingerprint density at radius 1 is 1.17 bits per heavy atom. The second kappa shape index (κ2) is 7.45. The third-order valence-corrected chi connectivity index (χ3v) is 3.50. The van der Waals surface area contributed by atoms with Crippen LogP contribution in [0.2, 0.25) is 0 Å². The molecule has 0 aliphatic heterocycles. The number of hydrogen-bond acceptors (Lipinski definition) is 6. The first kappa shape index (κ1) is 15.8. The molecule has 0 bridgehead atoms. The normalized spacial score (nSPS) is 10.7. The minimum absolute atomic E-state index is 0.246. The zero-order chi connectivity index (χ0) is 16.8. The molecule has 2 aromatic heterocycles. The van der Waals surface area contributed by atoms with Crippen molar-refractivity contribution in [3.63, 3.8) is 0 Å². The molecule has 0 aliphatic carbocycles. The summed E-state index contributed by atoms with van der Waals surface area (Å²) in [7, 11) is 0. The summed E-state index contributed by atoms with van der Waals surface area (Å²) in [6.07, 6.45) is 4.96. The van der Waals surface area contributed by atoms with Crippen molar-refractivity contribution in [1.29, 1.82) is 0 Å². The van der Waals surface area contributed by atoms with Gasteiger partial charge in [0.2, 0.25) is 0 Å². The molecule has 0 atom stereocenters. The summed E-state index contributed by atoms with van der Waals surface area (Å²) in [6.45, 7) is 0.0348. The van der Waals surface area contributed by atoms with Crippen LogP contribution in [0.5, 0.6) is 0 Å². The summed E-state index contributed by atoms with van der Waals surface area (Å²) in [5.74, 6) is -0.507. The van der Waals surface area contributed by atoms with Crippen molar-refractivity contribution in [2.75, 3.05) is 6.61 Å². The van der Waals surface area contributed by atoms with Crippen LogP contribution in [0.25, 0.3) is 10.9 Å². The average molecular weight is 324 g/mol. The van der Waals surface area contributed by atoms with Crippen LogP contribution in [-0.2, 0) is 22.5 Å². The summed E-state index contributed by atoms with van der Waals surface area (Å²) < 4.78 is 6.17. The van der Waals surface area contributed by atoms with E-state index in [1.165, 1.54) is 0 Å². The SMILES string of the molecule is O=C(Cn1nnc2ccccc2c1=O)OCCCc1cccnc1. The molecule has 122 valence electrons. The maximum absolute atomic E-state index is 12.2. The van der Waals surface area contributed by atoms with Gasteiger partial charge in [-0.25, -0.2) is 0 Å². The van der Waals surface area contributed by atoms with E-state index in [0.717, 1.165) is 16.7 Å². The summed E-state index contributed by atoms with van der Waals surface area (Å²) in [4.78, 5) is 28.1. The minimum atomic E-state index is -0.507. The Labute approximate surface area is 137 Å². The van der Waals surface area contributed by atoms with Gasteiger partial charge in [-0.2, -0.15) is 4.68 Å². The highest BCUT2D eigenvalue weighted by atomic mass is 16.5. The predicted octanol–water partition coefficient (Wildman–Crippen LogP) is 1.36. The van der Waals surface area contributed by atoms with Gasteiger partial charge in [-0.05, 0) is 36.6 Å². The summed E-state index contributed by atoms with van der Waals surface area (Å²) in [5, 5.41) is 8.12. The third-order valence-electron chi connectivity index (χ3n) is 3.50. The largest absolute Gasteiger partial charge is 0.464 e. The Hall–Kier alpha value is -3.09. The molecule has 0 spiro atoms. The molecule has 0 radical (unpaired) electrons. The number of carbonyl (C=O) groups excluding carboxylic acids is 1. The fourth-order valence-electron chi connectivity index (χ4n) is 2.30. The number of esters is 1. The quantitative estimate of drug-likeness (QED) is 0.503. The van der Waals surface area contributed by atoms with E-state index in [1.807, 2.05) is 12.1 Å². The van der Waals surface area contributed by atoms with E-state index in [1.54, 1.807) is 36.7 Å². The number of aromatic nitrogens is 4. The van der Waals surface area contributed by atoms with Crippen molar-refractivity contribution in [3.8, 4) is 0 Å². The van der Waals surface area contributed by atoms with Crippen LogP contribution in [0.15, 0.2) is 53.6 Å². The van der Waals surface area contributed by atoms with Gasteiger partial charge in [0.25, 0.3) is 5.56 Å². The molecule has 0 aliphatic rings. The number of nitrogens with zero attached hydrogens (tertiary/aromatic N) is 4. The summed E-state index contributed by atoms with van der Waals surface area (Å²) in [5.41, 5.74) is 1.24. The molecule has 0 N–H and O–H groups in total. The van der Waals surface area contributed by atoms with Crippen LogP contribution >= 0.6 is 0 Å². The van der Waals surface area contributed by atoms with Gasteiger partial charge < -0.3 is 4.74 Å². The van der Waals surface area contributed by atoms with Crippen LogP contribution in [0.3, 0.4) is 0 Å². The molecular weight excluding hydrogens is 308 g/mol. The number of hydrogen-bond donors (Lipinski definition) is 0. The Kier molecular flexibility index (Phi) is 4.90. The highest BCUT2D eigenvalue weighted by Gasteiger charge is 2.10. The van der Waals surface area contributed by atoms with Crippen molar-refractivity contribution in [1.82, 2.24) is 20.0 Å². The second-order valence-electron chi connectivity index (χ2n) is 5.25. The molecule has 0 amide bonds. The number of fused-ring (bicyclic) bond motifs is 1. The number of rotatable bonds is 6. The summed E-state index contributed by atoms with van der Waals surface area (Å²) in [6, 6.07) is 10.7. The average Bonchev–Trinajstić information content (AvgIpc) is 2.62. The molecule has 7 heteroatoms. The highest BCUT2D eigenvalue weighted by molar-refractivity contribution is 5.77. The molecule has 3 aromatic rings. The van der Waals surface area contributed by atoms with Gasteiger partial charge in [0.05, 0.1) is 12.0 Å². The summed E-state index contributed by atoms with van der Waals surface area (Å²) >= 11 is 0. The molecule has 0 saturated heterocycles. The van der Waals surface area contributed by atoms with E-state index in [-0.39, 0.29) is 18.7 Å². The van der Waals surface area contributed by atoms with E-state index in [4.69, 9.17) is 4.74 Å². The molecular formula is C17H16N4O3. The lowest BCUT2D eigenvalue weighted by Crippen LogP contribution is -2.28. The van der Waals surface area contributed by atoms with Crippen molar-refractivity contribution < 1.29 is 9.53 Å². The van der Waals surface area contributed by atoms with E-state index in [0.29, 0.717) is 17.3 Å². The van der Waals surface area contributed by atoms with Crippen molar-refractivity contribution >= 4 is 16.9 Å². The first-order valence-electron chi connectivity index (χ1n) is 7.61. The number of pyridine rings is 1. The van der Waals surface area contributed by atoms with Gasteiger partial charge in [0, 0.05) is 12.4 Å². The molecule has 1 aromatic carbocycles. The predicted molar refractivity (Wildman–Crippen MR) is 87.3 cm³/mol. The molecule has 0 unspecified atom stereocenters. The lowest BCUT2D eigenvalue weighted by atomic mass is 10.2. The van der Waals surface area contributed by atoms with Crippen LogP contribution in [0.1, 0.15) is 12.0 Å². The molecule has 0 saturated carbocycles. The number of aryl methyl sites for hydroxylation is 1. The Morgan fingerprint density at radius 3 is 2.88 bits per heavy atom. The zero-order valence-electron chi connectivity index (χ0n) is 13.0. The number of benzene rings is 1. The molecule has 0 fully saturated rings. The lowest BCUT2D eigenvalue weighted by Gasteiger charge is -2.06. The van der Waals surface area contributed by atoms with Gasteiger partial charge in [0.1, 0.15) is 12.1 Å². The Morgan fingerprint density at radius 2 is 2.04 bits per heavy atom. The number of ether oxygens (including phenoxy) is 1. The van der Waals surface area contributed by atoms with E-state index in [2.05, 4.69) is 15.3 Å². The first-order chi connectivity index (χ1) is 11.7. The Balaban J connectivity index is 1.53. The van der Waals surface area contributed by atoms with E-state index in [9.17, 15) is 9.59 Å². The maximum Gasteiger partial charge on any atom is 0.327 e. The van der Waals surface area contributed by atoms with Crippen molar-refractivity contribution in [2.24, 2.45) is 0 Å². The monoisotopic (exact) mass is 324 g/mol. The third kappa shape index (κ3) is 3.81. The van der Waals surface area contributed by atoms with Crippen LogP contribution in [-0.4, -0.2) is 32.6 Å². The first-order valence-corrected chi connectivity index (χ1v) is 7.61. The molecule has 3 rings (SSSR count). The lowest BCUT2D eigenvalue weighted by molar-refractivity contribution is -0.144. The highest BCUT2D eigenvalue weighted by Crippen LogP contribution is 2.04. The standard InChI is InChI=1S/C17H16N4O3/c22-16(24-10-4-6-13-5-3-9-18-11-13)12-21-17(23)14-7-1-2-8-15(14)19-20-21/h1-3,5,7-9,11H,4,6,10,12H2.